The number of likely N-dealkylation sites (tertiary alicyclic amines) is 1. The Bertz CT molecular complexity index is 408. The SMILES string of the molecule is NC1(C2CC2)CN(C(=O)c2ccncc2)C1. The number of amides is 1. The first-order chi connectivity index (χ1) is 7.69. The second-order valence-corrected chi connectivity index (χ2v) is 4.90. The third kappa shape index (κ3) is 1.50. The summed E-state index contributed by atoms with van der Waals surface area (Å²) in [6, 6.07) is 3.49. The van der Waals surface area contributed by atoms with Crippen LogP contribution >= 0.6 is 0 Å². The fourth-order valence-corrected chi connectivity index (χ4v) is 2.40. The van der Waals surface area contributed by atoms with Gasteiger partial charge in [-0.2, -0.15) is 0 Å². The summed E-state index contributed by atoms with van der Waals surface area (Å²) in [5, 5.41) is 0. The lowest BCUT2D eigenvalue weighted by atomic mass is 9.85. The summed E-state index contributed by atoms with van der Waals surface area (Å²) in [4.78, 5) is 17.7. The minimum atomic E-state index is -0.0946. The molecule has 1 aromatic heterocycles. The number of carbonyl (C=O) groups is 1. The highest BCUT2D eigenvalue weighted by molar-refractivity contribution is 5.94. The van der Waals surface area contributed by atoms with Crippen LogP contribution in [0.4, 0.5) is 0 Å². The molecule has 1 aliphatic heterocycles. The molecule has 84 valence electrons. The first-order valence-corrected chi connectivity index (χ1v) is 5.67. The van der Waals surface area contributed by atoms with Crippen molar-refractivity contribution in [3.63, 3.8) is 0 Å². The molecule has 1 amide bonds. The van der Waals surface area contributed by atoms with Gasteiger partial charge in [-0.15, -0.1) is 0 Å². The van der Waals surface area contributed by atoms with Crippen LogP contribution in [0, 0.1) is 5.92 Å². The standard InChI is InChI=1S/C12H15N3O/c13-12(10-1-2-10)7-15(8-12)11(16)9-3-5-14-6-4-9/h3-6,10H,1-2,7-8,13H2. The maximum Gasteiger partial charge on any atom is 0.254 e. The van der Waals surface area contributed by atoms with E-state index < -0.39 is 0 Å². The molecule has 1 aromatic rings. The molecule has 0 unspecified atom stereocenters. The molecule has 1 aliphatic carbocycles. The molecule has 16 heavy (non-hydrogen) atoms. The van der Waals surface area contributed by atoms with Crippen molar-refractivity contribution in [2.75, 3.05) is 13.1 Å². The molecule has 0 atom stereocenters. The molecule has 2 aliphatic rings. The molecule has 0 bridgehead atoms. The van der Waals surface area contributed by atoms with Crippen molar-refractivity contribution in [3.05, 3.63) is 30.1 Å². The highest BCUT2D eigenvalue weighted by atomic mass is 16.2. The number of pyridine rings is 1. The number of carbonyl (C=O) groups excluding carboxylic acids is 1. The van der Waals surface area contributed by atoms with Crippen LogP contribution < -0.4 is 5.73 Å². The number of rotatable bonds is 2. The van der Waals surface area contributed by atoms with E-state index in [0.29, 0.717) is 24.6 Å². The van der Waals surface area contributed by atoms with Crippen molar-refractivity contribution in [2.45, 2.75) is 18.4 Å². The van der Waals surface area contributed by atoms with E-state index in [0.717, 1.165) is 0 Å². The smallest absolute Gasteiger partial charge is 0.254 e. The van der Waals surface area contributed by atoms with Crippen LogP contribution in [0.3, 0.4) is 0 Å². The molecule has 4 heteroatoms. The van der Waals surface area contributed by atoms with E-state index in [-0.39, 0.29) is 11.4 Å². The Kier molecular flexibility index (Phi) is 2.01. The Hall–Kier alpha value is -1.42. The lowest BCUT2D eigenvalue weighted by Crippen LogP contribution is -2.69. The Balaban J connectivity index is 1.66. The van der Waals surface area contributed by atoms with E-state index >= 15 is 0 Å². The van der Waals surface area contributed by atoms with Crippen molar-refractivity contribution in [3.8, 4) is 0 Å². The predicted molar refractivity (Wildman–Crippen MR) is 59.8 cm³/mol. The lowest BCUT2D eigenvalue weighted by molar-refractivity contribution is 0.0350. The summed E-state index contributed by atoms with van der Waals surface area (Å²) in [7, 11) is 0. The zero-order valence-corrected chi connectivity index (χ0v) is 9.10. The van der Waals surface area contributed by atoms with Crippen LogP contribution in [-0.4, -0.2) is 34.4 Å². The summed E-state index contributed by atoms with van der Waals surface area (Å²) < 4.78 is 0. The van der Waals surface area contributed by atoms with Gasteiger partial charge in [0.05, 0.1) is 5.54 Å². The van der Waals surface area contributed by atoms with Crippen molar-refractivity contribution < 1.29 is 4.79 Å². The second-order valence-electron chi connectivity index (χ2n) is 4.90. The Morgan fingerprint density at radius 2 is 2.00 bits per heavy atom. The molecule has 0 aromatic carbocycles. The topological polar surface area (TPSA) is 59.2 Å². The maximum atomic E-state index is 12.0. The Labute approximate surface area is 94.5 Å². The van der Waals surface area contributed by atoms with Crippen LogP contribution in [0.25, 0.3) is 0 Å². The summed E-state index contributed by atoms with van der Waals surface area (Å²) in [5.74, 6) is 0.720. The number of nitrogens with zero attached hydrogens (tertiary/aromatic N) is 2. The maximum absolute atomic E-state index is 12.0. The van der Waals surface area contributed by atoms with Crippen molar-refractivity contribution >= 4 is 5.91 Å². The molecule has 0 spiro atoms. The zero-order chi connectivity index (χ0) is 11.2. The Morgan fingerprint density at radius 3 is 2.56 bits per heavy atom. The summed E-state index contributed by atoms with van der Waals surface area (Å²) in [6.45, 7) is 1.41. The van der Waals surface area contributed by atoms with Crippen molar-refractivity contribution in [1.29, 1.82) is 0 Å². The monoisotopic (exact) mass is 217 g/mol. The van der Waals surface area contributed by atoms with Gasteiger partial charge in [0, 0.05) is 31.0 Å². The quantitative estimate of drug-likeness (QED) is 0.791. The summed E-state index contributed by atoms with van der Waals surface area (Å²) >= 11 is 0. The first kappa shape index (κ1) is 9.78. The van der Waals surface area contributed by atoms with E-state index in [9.17, 15) is 4.79 Å². The number of nitrogens with two attached hydrogens (primary N) is 1. The molecule has 2 fully saturated rings. The fraction of sp³-hybridized carbons (Fsp3) is 0.500. The molecular weight excluding hydrogens is 202 g/mol. The van der Waals surface area contributed by atoms with Gasteiger partial charge in [0.1, 0.15) is 0 Å². The van der Waals surface area contributed by atoms with Crippen molar-refractivity contribution in [2.24, 2.45) is 11.7 Å². The van der Waals surface area contributed by atoms with E-state index in [4.69, 9.17) is 5.73 Å². The van der Waals surface area contributed by atoms with Crippen molar-refractivity contribution in [1.82, 2.24) is 9.88 Å². The minimum Gasteiger partial charge on any atom is -0.335 e. The van der Waals surface area contributed by atoms with Crippen LogP contribution in [0.1, 0.15) is 23.2 Å². The zero-order valence-electron chi connectivity index (χ0n) is 9.10. The van der Waals surface area contributed by atoms with Crippen LogP contribution in [0.5, 0.6) is 0 Å². The molecule has 1 saturated carbocycles. The molecule has 3 rings (SSSR count). The molecule has 2 heterocycles. The van der Waals surface area contributed by atoms with Gasteiger partial charge in [0.2, 0.25) is 0 Å². The third-order valence-corrected chi connectivity index (χ3v) is 3.58. The van der Waals surface area contributed by atoms with Gasteiger partial charge in [-0.05, 0) is 30.9 Å². The number of hydrogen-bond donors (Lipinski definition) is 1. The van der Waals surface area contributed by atoms with Gasteiger partial charge in [-0.25, -0.2) is 0 Å². The summed E-state index contributed by atoms with van der Waals surface area (Å²) in [6.07, 6.45) is 5.74. The molecule has 4 nitrogen and oxygen atoms in total. The Morgan fingerprint density at radius 1 is 1.38 bits per heavy atom. The first-order valence-electron chi connectivity index (χ1n) is 5.67. The van der Waals surface area contributed by atoms with E-state index in [1.165, 1.54) is 12.8 Å². The summed E-state index contributed by atoms with van der Waals surface area (Å²) in [5.41, 5.74) is 6.82. The van der Waals surface area contributed by atoms with E-state index in [2.05, 4.69) is 4.98 Å². The van der Waals surface area contributed by atoms with Gasteiger partial charge in [0.15, 0.2) is 0 Å². The van der Waals surface area contributed by atoms with Gasteiger partial charge >= 0.3 is 0 Å². The minimum absolute atomic E-state index is 0.0733. The molecule has 0 radical (unpaired) electrons. The third-order valence-electron chi connectivity index (χ3n) is 3.58. The lowest BCUT2D eigenvalue weighted by Gasteiger charge is -2.48. The highest BCUT2D eigenvalue weighted by Gasteiger charge is 2.51. The highest BCUT2D eigenvalue weighted by Crippen LogP contribution is 2.43. The average molecular weight is 217 g/mol. The van der Waals surface area contributed by atoms with E-state index in [1.54, 1.807) is 24.5 Å². The van der Waals surface area contributed by atoms with Gasteiger partial charge in [-0.3, -0.25) is 9.78 Å². The molecule has 2 N–H and O–H groups in total. The predicted octanol–water partition coefficient (Wildman–Crippen LogP) is 0.645. The normalized spacial score (nSPS) is 22.7. The van der Waals surface area contributed by atoms with Gasteiger partial charge in [-0.1, -0.05) is 0 Å². The second kappa shape index (κ2) is 3.28. The van der Waals surface area contributed by atoms with Crippen LogP contribution in [-0.2, 0) is 0 Å². The van der Waals surface area contributed by atoms with Crippen LogP contribution in [0.2, 0.25) is 0 Å². The molecule has 1 saturated heterocycles. The largest absolute Gasteiger partial charge is 0.335 e. The molecular formula is C12H15N3O. The fourth-order valence-electron chi connectivity index (χ4n) is 2.40. The van der Waals surface area contributed by atoms with Crippen LogP contribution in [0.15, 0.2) is 24.5 Å². The van der Waals surface area contributed by atoms with Gasteiger partial charge < -0.3 is 10.6 Å². The van der Waals surface area contributed by atoms with Gasteiger partial charge in [0.25, 0.3) is 5.91 Å². The average Bonchev–Trinajstić information content (AvgIpc) is 3.09. The van der Waals surface area contributed by atoms with E-state index in [1.807, 2.05) is 4.90 Å². The number of aromatic nitrogens is 1. The number of hydrogen-bond acceptors (Lipinski definition) is 3.